The van der Waals surface area contributed by atoms with Gasteiger partial charge in [-0.05, 0) is 0 Å². The van der Waals surface area contributed by atoms with Crippen molar-refractivity contribution in [1.29, 1.82) is 0 Å². The molecule has 0 aliphatic carbocycles. The zero-order chi connectivity index (χ0) is 23.2. The summed E-state index contributed by atoms with van der Waals surface area (Å²) in [6, 6.07) is 0. The van der Waals surface area contributed by atoms with Crippen LogP contribution in [-0.2, 0) is 0 Å². The quantitative estimate of drug-likeness (QED) is 0.551. The highest BCUT2D eigenvalue weighted by Gasteiger charge is 2.29. The lowest BCUT2D eigenvalue weighted by molar-refractivity contribution is 0.251. The summed E-state index contributed by atoms with van der Waals surface area (Å²) in [6.45, 7) is 25.9. The van der Waals surface area contributed by atoms with E-state index in [4.69, 9.17) is 15.0 Å². The second kappa shape index (κ2) is 10.2. The van der Waals surface area contributed by atoms with Gasteiger partial charge in [0.2, 0.25) is 0 Å². The number of fused-ring (bicyclic) bond motifs is 15. The minimum Gasteiger partial charge on any atom is -0.315 e. The average Bonchev–Trinajstić information content (AvgIpc) is 2.59. The van der Waals surface area contributed by atoms with Crippen molar-refractivity contribution in [2.75, 3.05) is 58.9 Å². The molecule has 0 atom stereocenters. The molecular weight excluding hydrogens is 384 g/mol. The van der Waals surface area contributed by atoms with Gasteiger partial charge in [0, 0.05) is 105 Å². The lowest BCUT2D eigenvalue weighted by Gasteiger charge is -2.35. The van der Waals surface area contributed by atoms with Crippen LogP contribution in [0.3, 0.4) is 0 Å². The van der Waals surface area contributed by atoms with Crippen molar-refractivity contribution in [2.45, 2.75) is 55.4 Å². The van der Waals surface area contributed by atoms with Crippen LogP contribution in [0.25, 0.3) is 0 Å². The normalized spacial score (nSPS) is 34.8. The Bertz CT molecular complexity index is 573. The Labute approximate surface area is 191 Å². The van der Waals surface area contributed by atoms with Gasteiger partial charge in [-0.2, -0.15) is 0 Å². The highest BCUT2D eigenvalue weighted by atomic mass is 15.0. The van der Waals surface area contributed by atoms with E-state index in [2.05, 4.69) is 90.0 Å². The fourth-order valence-corrected chi connectivity index (χ4v) is 4.07. The van der Waals surface area contributed by atoms with Crippen molar-refractivity contribution in [3.63, 3.8) is 0 Å². The summed E-state index contributed by atoms with van der Waals surface area (Å²) < 4.78 is 0. The summed E-state index contributed by atoms with van der Waals surface area (Å²) in [5.74, 6) is 0. The number of rotatable bonds is 0. The van der Waals surface area contributed by atoms with Gasteiger partial charge in [-0.1, -0.05) is 55.4 Å². The summed E-state index contributed by atoms with van der Waals surface area (Å²) in [7, 11) is 0. The van der Waals surface area contributed by atoms with Crippen LogP contribution in [0.2, 0.25) is 0 Å². The third-order valence-corrected chi connectivity index (χ3v) is 6.14. The van der Waals surface area contributed by atoms with Crippen LogP contribution in [-0.4, -0.2) is 77.5 Å². The van der Waals surface area contributed by atoms with Crippen LogP contribution in [0.15, 0.2) is 15.0 Å². The van der Waals surface area contributed by atoms with Crippen molar-refractivity contribution in [3.8, 4) is 0 Å². The molecule has 178 valence electrons. The average molecular weight is 433 g/mol. The molecule has 3 N–H and O–H groups in total. The maximum atomic E-state index is 4.89. The first kappa shape index (κ1) is 26.1. The molecule has 3 rings (SSSR count). The Hall–Kier alpha value is -1.11. The summed E-state index contributed by atoms with van der Waals surface area (Å²) in [5, 5.41) is 11.2. The molecule has 3 aliphatic rings. The zero-order valence-corrected chi connectivity index (χ0v) is 21.4. The van der Waals surface area contributed by atoms with E-state index in [0.29, 0.717) is 0 Å². The molecule has 0 aromatic rings. The first-order valence-corrected chi connectivity index (χ1v) is 11.9. The SMILES string of the molecule is CC1(C)C=NCC2(C)CN=CC(C)(C)CNCC(C)(CNC1)CNCC(C)(C)C=NC2. The third-order valence-electron chi connectivity index (χ3n) is 6.14. The van der Waals surface area contributed by atoms with Crippen LogP contribution >= 0.6 is 0 Å². The molecule has 3 aliphatic heterocycles. The molecule has 0 aromatic carbocycles. The smallest absolute Gasteiger partial charge is 0.0474 e. The molecule has 0 saturated carbocycles. The van der Waals surface area contributed by atoms with Crippen LogP contribution in [0.4, 0.5) is 0 Å². The highest BCUT2D eigenvalue weighted by Crippen LogP contribution is 2.23. The number of nitrogens with one attached hydrogen (secondary N) is 3. The van der Waals surface area contributed by atoms with E-state index in [9.17, 15) is 0 Å². The second-order valence-electron chi connectivity index (χ2n) is 12.8. The summed E-state index contributed by atoms with van der Waals surface area (Å²) in [4.78, 5) is 14.7. The topological polar surface area (TPSA) is 73.2 Å². The van der Waals surface area contributed by atoms with Crippen molar-refractivity contribution >= 4 is 18.6 Å². The third kappa shape index (κ3) is 9.50. The largest absolute Gasteiger partial charge is 0.315 e. The molecule has 6 nitrogen and oxygen atoms in total. The van der Waals surface area contributed by atoms with Gasteiger partial charge in [-0.3, -0.25) is 15.0 Å². The molecule has 0 radical (unpaired) electrons. The summed E-state index contributed by atoms with van der Waals surface area (Å²) in [6.07, 6.45) is 6.39. The molecule has 31 heavy (non-hydrogen) atoms. The van der Waals surface area contributed by atoms with Crippen LogP contribution < -0.4 is 16.0 Å². The van der Waals surface area contributed by atoms with Crippen LogP contribution in [0.5, 0.6) is 0 Å². The van der Waals surface area contributed by atoms with Gasteiger partial charge in [0.1, 0.15) is 0 Å². The van der Waals surface area contributed by atoms with Gasteiger partial charge in [0.05, 0.1) is 0 Å². The minimum atomic E-state index is -0.0905. The van der Waals surface area contributed by atoms with E-state index in [1.165, 1.54) is 0 Å². The van der Waals surface area contributed by atoms with Gasteiger partial charge in [-0.15, -0.1) is 0 Å². The Morgan fingerprint density at radius 1 is 0.452 bits per heavy atom. The van der Waals surface area contributed by atoms with Gasteiger partial charge >= 0.3 is 0 Å². The van der Waals surface area contributed by atoms with Gasteiger partial charge < -0.3 is 16.0 Å². The molecule has 0 amide bonds. The van der Waals surface area contributed by atoms with E-state index >= 15 is 0 Å². The van der Waals surface area contributed by atoms with Crippen LogP contribution in [0, 0.1) is 27.1 Å². The molecule has 6 heteroatoms. The van der Waals surface area contributed by atoms with E-state index in [1.807, 2.05) is 0 Å². The zero-order valence-electron chi connectivity index (χ0n) is 21.4. The van der Waals surface area contributed by atoms with Crippen LogP contribution in [0.1, 0.15) is 55.4 Å². The maximum absolute atomic E-state index is 4.89. The van der Waals surface area contributed by atoms with Crippen molar-refractivity contribution in [2.24, 2.45) is 42.1 Å². The van der Waals surface area contributed by atoms with E-state index in [1.54, 1.807) is 0 Å². The maximum Gasteiger partial charge on any atom is 0.0474 e. The number of hydrogen-bond donors (Lipinski definition) is 3. The fraction of sp³-hybridized carbons (Fsp3) is 0.880. The van der Waals surface area contributed by atoms with E-state index in [0.717, 1.165) is 58.9 Å². The second-order valence-corrected chi connectivity index (χ2v) is 12.8. The number of nitrogens with zero attached hydrogens (tertiary/aromatic N) is 3. The molecular formula is C25H48N6. The molecule has 0 saturated heterocycles. The Morgan fingerprint density at radius 2 is 0.742 bits per heavy atom. The summed E-state index contributed by atoms with van der Waals surface area (Å²) >= 11 is 0. The first-order valence-electron chi connectivity index (χ1n) is 11.9. The number of hydrogen-bond acceptors (Lipinski definition) is 6. The van der Waals surface area contributed by atoms with Crippen molar-refractivity contribution in [1.82, 2.24) is 16.0 Å². The first-order chi connectivity index (χ1) is 14.2. The molecule has 0 spiro atoms. The lowest BCUT2D eigenvalue weighted by atomic mass is 9.86. The summed E-state index contributed by atoms with van der Waals surface area (Å²) in [5.41, 5.74) is 0.0289. The van der Waals surface area contributed by atoms with Crippen molar-refractivity contribution in [3.05, 3.63) is 0 Å². The predicted octanol–water partition coefficient (Wildman–Crippen LogP) is 3.09. The van der Waals surface area contributed by atoms with E-state index < -0.39 is 0 Å². The molecule has 0 aromatic heterocycles. The number of aliphatic imine (C=N–C) groups is 3. The fourth-order valence-electron chi connectivity index (χ4n) is 4.07. The lowest BCUT2D eigenvalue weighted by Crippen LogP contribution is -2.50. The van der Waals surface area contributed by atoms with Gasteiger partial charge in [0.25, 0.3) is 0 Å². The Kier molecular flexibility index (Phi) is 8.62. The minimum absolute atomic E-state index is 0.00727. The highest BCUT2D eigenvalue weighted by molar-refractivity contribution is 5.66. The monoisotopic (exact) mass is 432 g/mol. The Balaban J connectivity index is 2.42. The van der Waals surface area contributed by atoms with Gasteiger partial charge in [-0.25, -0.2) is 0 Å². The van der Waals surface area contributed by atoms with Crippen molar-refractivity contribution < 1.29 is 0 Å². The predicted molar refractivity (Wildman–Crippen MR) is 136 cm³/mol. The molecule has 0 fully saturated rings. The van der Waals surface area contributed by atoms with E-state index in [-0.39, 0.29) is 27.1 Å². The molecule has 2 bridgehead atoms. The standard InChI is InChI=1S/C25H48N6/c1-21(2)9-26-15-24(7)17-28-11-22(3,4)12-29-18-25(8,16-27-10-21)20-31-14-23(5,6)13-30-19-24/h9,11,13,27,29,31H,10,12,14-20H2,1-8H3. The molecule has 0 unspecified atom stereocenters. The Morgan fingerprint density at radius 3 is 1.03 bits per heavy atom. The molecule has 3 heterocycles. The van der Waals surface area contributed by atoms with Gasteiger partial charge in [0.15, 0.2) is 0 Å².